The van der Waals surface area contributed by atoms with Gasteiger partial charge in [0.05, 0.1) is 7.11 Å². The first-order chi connectivity index (χ1) is 9.28. The molecule has 0 bridgehead atoms. The number of piperazine rings is 1. The Morgan fingerprint density at radius 1 is 1.24 bits per heavy atom. The Morgan fingerprint density at radius 3 is 2.62 bits per heavy atom. The molecule has 1 heterocycles. The van der Waals surface area contributed by atoms with Crippen LogP contribution in [0.5, 0.6) is 5.75 Å². The fraction of sp³-hybridized carbons (Fsp3) is 0.600. The first-order valence-corrected chi connectivity index (χ1v) is 7.02. The molecule has 4 nitrogen and oxygen atoms in total. The van der Waals surface area contributed by atoms with Crippen molar-refractivity contribution in [3.05, 3.63) is 29.8 Å². The summed E-state index contributed by atoms with van der Waals surface area (Å²) in [6.07, 6.45) is 0. The van der Waals surface area contributed by atoms with Crippen LogP contribution in [0.15, 0.2) is 24.3 Å². The van der Waals surface area contributed by atoms with Gasteiger partial charge in [-0.3, -0.25) is 4.90 Å². The molecule has 6 heteroatoms. The van der Waals surface area contributed by atoms with Crippen molar-refractivity contribution in [2.45, 2.75) is 6.54 Å². The summed E-state index contributed by atoms with van der Waals surface area (Å²) in [5.41, 5.74) is 1.31. The van der Waals surface area contributed by atoms with E-state index in [2.05, 4.69) is 40.4 Å². The van der Waals surface area contributed by atoms with E-state index >= 15 is 0 Å². The van der Waals surface area contributed by atoms with Crippen molar-refractivity contribution >= 4 is 24.8 Å². The minimum atomic E-state index is 0. The SMILES string of the molecule is COc1cccc(CN(C)CCN2CCNCC2)c1.Cl.Cl. The molecular formula is C15H27Cl2N3O. The monoisotopic (exact) mass is 335 g/mol. The van der Waals surface area contributed by atoms with E-state index in [4.69, 9.17) is 4.74 Å². The van der Waals surface area contributed by atoms with Gasteiger partial charge in [-0.05, 0) is 24.7 Å². The first-order valence-electron chi connectivity index (χ1n) is 7.02. The van der Waals surface area contributed by atoms with Gasteiger partial charge >= 0.3 is 0 Å². The molecule has 0 unspecified atom stereocenters. The highest BCUT2D eigenvalue weighted by Gasteiger charge is 2.10. The van der Waals surface area contributed by atoms with Crippen LogP contribution in [0.2, 0.25) is 0 Å². The maximum Gasteiger partial charge on any atom is 0.119 e. The Balaban J connectivity index is 0.00000200. The number of ether oxygens (including phenoxy) is 1. The third-order valence-electron chi connectivity index (χ3n) is 3.59. The third kappa shape index (κ3) is 7.34. The van der Waals surface area contributed by atoms with Gasteiger partial charge in [-0.2, -0.15) is 0 Å². The first kappa shape index (κ1) is 20.5. The summed E-state index contributed by atoms with van der Waals surface area (Å²) in [6.45, 7) is 7.84. The quantitative estimate of drug-likeness (QED) is 0.858. The Hall–Kier alpha value is -0.520. The highest BCUT2D eigenvalue weighted by Crippen LogP contribution is 2.13. The van der Waals surface area contributed by atoms with E-state index in [1.165, 1.54) is 18.7 Å². The van der Waals surface area contributed by atoms with Crippen molar-refractivity contribution in [3.63, 3.8) is 0 Å². The summed E-state index contributed by atoms with van der Waals surface area (Å²) in [7, 11) is 3.90. The predicted octanol–water partition coefficient (Wildman–Crippen LogP) is 1.88. The third-order valence-corrected chi connectivity index (χ3v) is 3.59. The molecule has 1 aromatic rings. The van der Waals surface area contributed by atoms with Crippen molar-refractivity contribution < 1.29 is 4.74 Å². The molecule has 0 amide bonds. The lowest BCUT2D eigenvalue weighted by Gasteiger charge is -2.29. The average Bonchev–Trinajstić information content (AvgIpc) is 2.46. The molecule has 0 saturated carbocycles. The summed E-state index contributed by atoms with van der Waals surface area (Å²) in [4.78, 5) is 4.90. The Morgan fingerprint density at radius 2 is 1.95 bits per heavy atom. The Labute approximate surface area is 140 Å². The van der Waals surface area contributed by atoms with E-state index in [9.17, 15) is 0 Å². The fourth-order valence-corrected chi connectivity index (χ4v) is 2.41. The summed E-state index contributed by atoms with van der Waals surface area (Å²) < 4.78 is 5.26. The lowest BCUT2D eigenvalue weighted by atomic mass is 10.2. The molecule has 2 rings (SSSR count). The van der Waals surface area contributed by atoms with Crippen LogP contribution < -0.4 is 10.1 Å². The molecule has 1 aliphatic heterocycles. The minimum Gasteiger partial charge on any atom is -0.497 e. The van der Waals surface area contributed by atoms with Gasteiger partial charge in [-0.1, -0.05) is 12.1 Å². The largest absolute Gasteiger partial charge is 0.497 e. The van der Waals surface area contributed by atoms with Gasteiger partial charge in [-0.15, -0.1) is 24.8 Å². The molecular weight excluding hydrogens is 309 g/mol. The lowest BCUT2D eigenvalue weighted by molar-refractivity contribution is 0.202. The van der Waals surface area contributed by atoms with Crippen LogP contribution in [-0.4, -0.2) is 63.2 Å². The van der Waals surface area contributed by atoms with Crippen molar-refractivity contribution in [1.29, 1.82) is 0 Å². The maximum atomic E-state index is 5.26. The smallest absolute Gasteiger partial charge is 0.119 e. The second-order valence-corrected chi connectivity index (χ2v) is 5.18. The van der Waals surface area contributed by atoms with Gasteiger partial charge in [0, 0.05) is 45.8 Å². The average molecular weight is 336 g/mol. The number of nitrogens with one attached hydrogen (secondary N) is 1. The Bertz CT molecular complexity index is 387. The van der Waals surface area contributed by atoms with Gasteiger partial charge in [0.2, 0.25) is 0 Å². The zero-order chi connectivity index (χ0) is 13.5. The van der Waals surface area contributed by atoms with E-state index in [1.807, 2.05) is 6.07 Å². The molecule has 0 aromatic heterocycles. The van der Waals surface area contributed by atoms with Crippen LogP contribution in [0.3, 0.4) is 0 Å². The lowest BCUT2D eigenvalue weighted by Crippen LogP contribution is -2.45. The summed E-state index contributed by atoms with van der Waals surface area (Å²) in [6, 6.07) is 8.31. The van der Waals surface area contributed by atoms with Crippen molar-refractivity contribution in [1.82, 2.24) is 15.1 Å². The van der Waals surface area contributed by atoms with Crippen molar-refractivity contribution in [3.8, 4) is 5.75 Å². The van der Waals surface area contributed by atoms with Crippen LogP contribution in [0.1, 0.15) is 5.56 Å². The van der Waals surface area contributed by atoms with Gasteiger partial charge in [0.1, 0.15) is 5.75 Å². The van der Waals surface area contributed by atoms with E-state index < -0.39 is 0 Å². The molecule has 1 saturated heterocycles. The van der Waals surface area contributed by atoms with Gasteiger partial charge < -0.3 is 15.0 Å². The molecule has 0 aliphatic carbocycles. The van der Waals surface area contributed by atoms with E-state index in [-0.39, 0.29) is 24.8 Å². The molecule has 21 heavy (non-hydrogen) atoms. The number of halogens is 2. The molecule has 0 atom stereocenters. The van der Waals surface area contributed by atoms with Gasteiger partial charge in [0.15, 0.2) is 0 Å². The van der Waals surface area contributed by atoms with Gasteiger partial charge in [0.25, 0.3) is 0 Å². The topological polar surface area (TPSA) is 27.7 Å². The second-order valence-electron chi connectivity index (χ2n) is 5.18. The summed E-state index contributed by atoms with van der Waals surface area (Å²) in [5, 5.41) is 3.39. The number of nitrogens with zero attached hydrogens (tertiary/aromatic N) is 2. The highest BCUT2D eigenvalue weighted by molar-refractivity contribution is 5.85. The van der Waals surface area contributed by atoms with Crippen LogP contribution in [0.4, 0.5) is 0 Å². The van der Waals surface area contributed by atoms with Gasteiger partial charge in [-0.25, -0.2) is 0 Å². The molecule has 1 N–H and O–H groups in total. The standard InChI is InChI=1S/C15H25N3O.2ClH/c1-17(10-11-18-8-6-16-7-9-18)13-14-4-3-5-15(12-14)19-2;;/h3-5,12,16H,6-11,13H2,1-2H3;2*1H. The predicted molar refractivity (Wildman–Crippen MR) is 93.1 cm³/mol. The molecule has 1 aromatic carbocycles. The molecule has 0 spiro atoms. The summed E-state index contributed by atoms with van der Waals surface area (Å²) >= 11 is 0. The number of rotatable bonds is 6. The van der Waals surface area contributed by atoms with E-state index in [1.54, 1.807) is 7.11 Å². The second kappa shape index (κ2) is 11.1. The van der Waals surface area contributed by atoms with Crippen LogP contribution in [-0.2, 0) is 6.54 Å². The van der Waals surface area contributed by atoms with Crippen LogP contribution in [0, 0.1) is 0 Å². The number of methoxy groups -OCH3 is 1. The van der Waals surface area contributed by atoms with Crippen molar-refractivity contribution in [2.75, 3.05) is 53.4 Å². The van der Waals surface area contributed by atoms with E-state index in [0.717, 1.165) is 38.5 Å². The molecule has 0 radical (unpaired) electrons. The molecule has 1 fully saturated rings. The highest BCUT2D eigenvalue weighted by atomic mass is 35.5. The number of benzene rings is 1. The van der Waals surface area contributed by atoms with E-state index in [0.29, 0.717) is 0 Å². The molecule has 1 aliphatic rings. The number of likely N-dealkylation sites (N-methyl/N-ethyl adjacent to an activating group) is 1. The van der Waals surface area contributed by atoms with Crippen molar-refractivity contribution in [2.24, 2.45) is 0 Å². The fourth-order valence-electron chi connectivity index (χ4n) is 2.41. The number of hydrogen-bond acceptors (Lipinski definition) is 4. The zero-order valence-corrected chi connectivity index (χ0v) is 14.5. The van der Waals surface area contributed by atoms with Crippen LogP contribution in [0.25, 0.3) is 0 Å². The molecule has 122 valence electrons. The normalized spacial score (nSPS) is 15.2. The minimum absolute atomic E-state index is 0. The van der Waals surface area contributed by atoms with Crippen LogP contribution >= 0.6 is 24.8 Å². The maximum absolute atomic E-state index is 5.26. The summed E-state index contributed by atoms with van der Waals surface area (Å²) in [5.74, 6) is 0.938. The zero-order valence-electron chi connectivity index (χ0n) is 12.9. The Kier molecular flexibility index (Phi) is 10.8. The number of hydrogen-bond donors (Lipinski definition) is 1.